The van der Waals surface area contributed by atoms with Crippen molar-refractivity contribution in [2.45, 2.75) is 12.1 Å². The number of aromatic carboxylic acids is 2. The number of hydrogen-bond donors (Lipinski definition) is 4. The van der Waals surface area contributed by atoms with E-state index < -0.39 is 24.0 Å². The lowest BCUT2D eigenvalue weighted by Crippen LogP contribution is -2.29. The Balaban J connectivity index is 1.64. The van der Waals surface area contributed by atoms with Crippen LogP contribution >= 0.6 is 23.8 Å². The van der Waals surface area contributed by atoms with Crippen LogP contribution in [0.2, 0.25) is 5.02 Å². The number of nitrogens with one attached hydrogen (secondary N) is 1. The van der Waals surface area contributed by atoms with E-state index in [9.17, 15) is 24.9 Å². The monoisotopic (exact) mass is 535 g/mol. The summed E-state index contributed by atoms with van der Waals surface area (Å²) in [5, 5.41) is 33.5. The van der Waals surface area contributed by atoms with Gasteiger partial charge in [-0.05, 0) is 72.9 Å². The number of phenols is 1. The summed E-state index contributed by atoms with van der Waals surface area (Å²) in [5.74, 6) is -1.91. The molecule has 37 heavy (non-hydrogen) atoms. The molecule has 1 aliphatic rings. The Morgan fingerprint density at radius 1 is 1.00 bits per heavy atom. The maximum absolute atomic E-state index is 11.6. The molecule has 3 heterocycles. The number of nitrogens with zero attached hydrogens (tertiary/aromatic N) is 2. The quantitative estimate of drug-likeness (QED) is 0.241. The van der Waals surface area contributed by atoms with Crippen molar-refractivity contribution in [3.63, 3.8) is 0 Å². The van der Waals surface area contributed by atoms with Crippen LogP contribution in [0.15, 0.2) is 77.3 Å². The highest BCUT2D eigenvalue weighted by Crippen LogP contribution is 2.45. The van der Waals surface area contributed by atoms with Crippen LogP contribution in [0.5, 0.6) is 5.75 Å². The van der Waals surface area contributed by atoms with E-state index in [1.165, 1.54) is 18.2 Å². The molecule has 4 N–H and O–H groups in total. The van der Waals surface area contributed by atoms with Crippen LogP contribution in [0.4, 0.5) is 5.69 Å². The second kappa shape index (κ2) is 9.57. The highest BCUT2D eigenvalue weighted by Gasteiger charge is 2.43. The van der Waals surface area contributed by atoms with Crippen molar-refractivity contribution in [3.8, 4) is 17.1 Å². The van der Waals surface area contributed by atoms with Gasteiger partial charge in [0.15, 0.2) is 5.11 Å². The number of hydrogen-bond acceptors (Lipinski definition) is 6. The maximum atomic E-state index is 11.6. The van der Waals surface area contributed by atoms with Gasteiger partial charge in [0.05, 0.1) is 28.6 Å². The Hall–Kier alpha value is -4.41. The van der Waals surface area contributed by atoms with Gasteiger partial charge >= 0.3 is 11.9 Å². The molecule has 11 heteroatoms. The first-order chi connectivity index (χ1) is 17.7. The van der Waals surface area contributed by atoms with Gasteiger partial charge in [-0.2, -0.15) is 0 Å². The average Bonchev–Trinajstić information content (AvgIpc) is 3.50. The Morgan fingerprint density at radius 2 is 1.73 bits per heavy atom. The number of carboxylic acids is 2. The zero-order valence-corrected chi connectivity index (χ0v) is 20.4. The van der Waals surface area contributed by atoms with Gasteiger partial charge in [0.1, 0.15) is 23.3 Å². The second-order valence-corrected chi connectivity index (χ2v) is 9.06. The third kappa shape index (κ3) is 4.59. The summed E-state index contributed by atoms with van der Waals surface area (Å²) < 4.78 is 6.18. The van der Waals surface area contributed by atoms with Crippen LogP contribution in [0.25, 0.3) is 11.3 Å². The molecule has 1 saturated heterocycles. The molecule has 0 unspecified atom stereocenters. The number of rotatable bonds is 6. The smallest absolute Gasteiger partial charge is 0.335 e. The summed E-state index contributed by atoms with van der Waals surface area (Å²) in [6.07, 6.45) is 1.65. The number of halogens is 1. The molecule has 0 saturated carbocycles. The Morgan fingerprint density at radius 3 is 2.38 bits per heavy atom. The van der Waals surface area contributed by atoms with E-state index in [0.717, 1.165) is 6.07 Å². The summed E-state index contributed by atoms with van der Waals surface area (Å²) in [6.45, 7) is 0. The first-order valence-electron chi connectivity index (χ1n) is 10.9. The summed E-state index contributed by atoms with van der Waals surface area (Å²) >= 11 is 11.9. The fourth-order valence-electron chi connectivity index (χ4n) is 4.28. The van der Waals surface area contributed by atoms with Gasteiger partial charge in [-0.15, -0.1) is 0 Å². The van der Waals surface area contributed by atoms with Crippen LogP contribution in [0, 0.1) is 0 Å². The summed E-state index contributed by atoms with van der Waals surface area (Å²) in [4.78, 5) is 29.3. The fraction of sp³-hybridized carbons (Fsp3) is 0.0769. The summed E-state index contributed by atoms with van der Waals surface area (Å²) in [6, 6.07) is 16.0. The van der Waals surface area contributed by atoms with E-state index in [2.05, 4.69) is 10.3 Å². The molecule has 4 aromatic rings. The number of furan rings is 1. The molecule has 0 amide bonds. The van der Waals surface area contributed by atoms with Crippen LogP contribution in [-0.2, 0) is 0 Å². The summed E-state index contributed by atoms with van der Waals surface area (Å²) in [7, 11) is 0. The van der Waals surface area contributed by atoms with Crippen molar-refractivity contribution in [3.05, 3.63) is 101 Å². The van der Waals surface area contributed by atoms with Crippen LogP contribution < -0.4 is 10.2 Å². The molecule has 2 aromatic heterocycles. The predicted octanol–water partition coefficient (Wildman–Crippen LogP) is 5.27. The van der Waals surface area contributed by atoms with Crippen LogP contribution in [0.3, 0.4) is 0 Å². The molecule has 9 nitrogen and oxygen atoms in total. The zero-order chi connectivity index (χ0) is 26.3. The van der Waals surface area contributed by atoms with Crippen LogP contribution in [0.1, 0.15) is 44.3 Å². The first kappa shape index (κ1) is 24.3. The van der Waals surface area contributed by atoms with E-state index in [0.29, 0.717) is 27.3 Å². The van der Waals surface area contributed by atoms with Crippen molar-refractivity contribution < 1.29 is 29.3 Å². The Labute approximate surface area is 220 Å². The van der Waals surface area contributed by atoms with E-state index in [1.807, 2.05) is 12.1 Å². The number of carbonyl (C=O) groups is 2. The minimum atomic E-state index is -1.26. The molecular weight excluding hydrogens is 518 g/mol. The lowest BCUT2D eigenvalue weighted by atomic mass is 10.0. The third-order valence-corrected chi connectivity index (χ3v) is 6.47. The lowest BCUT2D eigenvalue weighted by molar-refractivity contribution is 0.0696. The van der Waals surface area contributed by atoms with E-state index >= 15 is 0 Å². The Bertz CT molecular complexity index is 1510. The van der Waals surface area contributed by atoms with Gasteiger partial charge in [0, 0.05) is 16.8 Å². The summed E-state index contributed by atoms with van der Waals surface area (Å²) in [5.41, 5.74) is 0.927. The van der Waals surface area contributed by atoms with E-state index in [1.54, 1.807) is 41.4 Å². The van der Waals surface area contributed by atoms with Gasteiger partial charge in [0.25, 0.3) is 0 Å². The number of aromatic hydroxyl groups is 1. The van der Waals surface area contributed by atoms with Crippen molar-refractivity contribution in [1.29, 1.82) is 0 Å². The molecule has 0 bridgehead atoms. The largest absolute Gasteiger partial charge is 0.506 e. The fourth-order valence-corrected chi connectivity index (χ4v) is 4.78. The molecule has 0 aliphatic carbocycles. The van der Waals surface area contributed by atoms with Crippen molar-refractivity contribution in [2.75, 3.05) is 4.90 Å². The second-order valence-electron chi connectivity index (χ2n) is 8.24. The predicted molar refractivity (Wildman–Crippen MR) is 139 cm³/mol. The standard InChI is InChI=1S/C26H18ClN3O6S/c27-16-4-5-19(31)18(12-16)30-23(22(29-26(30)37)17-3-1-2-8-28-17)21-7-6-20(36-21)13-9-14(24(32)33)11-15(10-13)25(34)35/h1-12,22-23,31H,(H,29,37)(H,32,33)(H,34,35)/t22-,23+/m1/s1. The van der Waals surface area contributed by atoms with Gasteiger partial charge < -0.3 is 30.0 Å². The number of thiocarbonyl (C=S) groups is 1. The van der Waals surface area contributed by atoms with Crippen molar-refractivity contribution in [1.82, 2.24) is 10.3 Å². The van der Waals surface area contributed by atoms with Crippen LogP contribution in [-0.4, -0.2) is 37.4 Å². The first-order valence-corrected chi connectivity index (χ1v) is 11.7. The lowest BCUT2D eigenvalue weighted by Gasteiger charge is -2.26. The minimum Gasteiger partial charge on any atom is -0.506 e. The number of carboxylic acid groups (broad SMARTS) is 2. The number of pyridine rings is 1. The normalized spacial score (nSPS) is 17.0. The molecule has 186 valence electrons. The molecule has 5 rings (SSSR count). The van der Waals surface area contributed by atoms with Gasteiger partial charge in [0.2, 0.25) is 0 Å². The Kier molecular flexibility index (Phi) is 6.28. The van der Waals surface area contributed by atoms with Crippen molar-refractivity contribution >= 4 is 46.6 Å². The van der Waals surface area contributed by atoms with E-state index in [-0.39, 0.29) is 28.2 Å². The molecular formula is C26H18ClN3O6S. The van der Waals surface area contributed by atoms with Gasteiger partial charge in [-0.1, -0.05) is 17.7 Å². The highest BCUT2D eigenvalue weighted by atomic mass is 35.5. The molecule has 2 atom stereocenters. The minimum absolute atomic E-state index is 0.0488. The molecule has 2 aromatic carbocycles. The molecule has 1 aliphatic heterocycles. The number of aromatic nitrogens is 1. The highest BCUT2D eigenvalue weighted by molar-refractivity contribution is 7.80. The van der Waals surface area contributed by atoms with Gasteiger partial charge in [-0.25, -0.2) is 9.59 Å². The molecule has 0 radical (unpaired) electrons. The van der Waals surface area contributed by atoms with Crippen molar-refractivity contribution in [2.24, 2.45) is 0 Å². The number of anilines is 1. The maximum Gasteiger partial charge on any atom is 0.335 e. The average molecular weight is 536 g/mol. The topological polar surface area (TPSA) is 136 Å². The number of phenolic OH excluding ortho intramolecular Hbond substituents is 1. The molecule has 1 fully saturated rings. The zero-order valence-electron chi connectivity index (χ0n) is 18.8. The third-order valence-electron chi connectivity index (χ3n) is 5.92. The molecule has 0 spiro atoms. The van der Waals surface area contributed by atoms with Gasteiger partial charge in [-0.3, -0.25) is 4.98 Å². The number of benzene rings is 2. The SMILES string of the molecule is O=C(O)c1cc(C(=O)O)cc(-c2ccc([C@H]3[C@@H](c4ccccn4)NC(=S)N3c3cc(Cl)ccc3O)o2)c1. The van der Waals surface area contributed by atoms with E-state index in [4.69, 9.17) is 28.2 Å².